The zero-order chi connectivity index (χ0) is 10.6. The summed E-state index contributed by atoms with van der Waals surface area (Å²) in [5, 5.41) is 3.06. The quantitative estimate of drug-likeness (QED) is 0.789. The monoisotopic (exact) mass is 220 g/mol. The molecule has 0 radical (unpaired) electrons. The van der Waals surface area contributed by atoms with Crippen molar-refractivity contribution in [2.24, 2.45) is 0 Å². The number of pyridine rings is 1. The minimum absolute atomic E-state index is 0.304. The summed E-state index contributed by atoms with van der Waals surface area (Å²) in [5.41, 5.74) is 1.70. The van der Waals surface area contributed by atoms with E-state index >= 15 is 0 Å². The first kappa shape index (κ1) is 11.3. The molecule has 1 aromatic heterocycles. The fourth-order valence-electron chi connectivity index (χ4n) is 1.04. The number of hydrogen-bond acceptors (Lipinski definition) is 2. The van der Waals surface area contributed by atoms with Crippen molar-refractivity contribution in [1.82, 2.24) is 10.3 Å². The molecule has 0 saturated heterocycles. The summed E-state index contributed by atoms with van der Waals surface area (Å²) >= 11 is 5.71. The third-order valence-corrected chi connectivity index (χ3v) is 2.09. The fourth-order valence-corrected chi connectivity index (χ4v) is 1.14. The van der Waals surface area contributed by atoms with Crippen molar-refractivity contribution >= 4 is 11.6 Å². The van der Waals surface area contributed by atoms with Gasteiger partial charge < -0.3 is 5.32 Å². The van der Waals surface area contributed by atoms with Crippen molar-refractivity contribution in [3.63, 3.8) is 0 Å². The lowest BCUT2D eigenvalue weighted by Gasteiger charge is -2.05. The second-order valence-corrected chi connectivity index (χ2v) is 3.33. The van der Waals surface area contributed by atoms with Crippen molar-refractivity contribution in [3.8, 4) is 0 Å². The number of rotatable bonds is 4. The second kappa shape index (κ2) is 5.22. The van der Waals surface area contributed by atoms with Gasteiger partial charge in [0.2, 0.25) is 0 Å². The molecule has 1 heterocycles. The van der Waals surface area contributed by atoms with Gasteiger partial charge in [0.05, 0.1) is 6.54 Å². The molecule has 0 saturated carbocycles. The van der Waals surface area contributed by atoms with Crippen molar-refractivity contribution in [1.29, 1.82) is 0 Å². The van der Waals surface area contributed by atoms with Gasteiger partial charge in [0, 0.05) is 12.7 Å². The third-order valence-electron chi connectivity index (χ3n) is 1.70. The van der Waals surface area contributed by atoms with E-state index in [4.69, 9.17) is 11.6 Å². The largest absolute Gasteiger partial charge is 0.307 e. The summed E-state index contributed by atoms with van der Waals surface area (Å²) in [6, 6.07) is 1.83. The van der Waals surface area contributed by atoms with E-state index in [2.05, 4.69) is 10.3 Å². The lowest BCUT2D eigenvalue weighted by Crippen LogP contribution is -2.20. The predicted octanol–water partition coefficient (Wildman–Crippen LogP) is 2.40. The maximum atomic E-state index is 11.8. The molecule has 0 aliphatic carbocycles. The fraction of sp³-hybridized carbons (Fsp3) is 0.444. The van der Waals surface area contributed by atoms with Crippen LogP contribution in [0.4, 0.5) is 8.78 Å². The van der Waals surface area contributed by atoms with Crippen LogP contribution in [0.25, 0.3) is 0 Å². The molecule has 1 N–H and O–H groups in total. The number of nitrogens with one attached hydrogen (secondary N) is 1. The molecular weight excluding hydrogens is 210 g/mol. The lowest BCUT2D eigenvalue weighted by molar-refractivity contribution is 0.145. The van der Waals surface area contributed by atoms with E-state index in [9.17, 15) is 8.78 Å². The number of nitrogens with zero attached hydrogens (tertiary/aromatic N) is 1. The average molecular weight is 221 g/mol. The number of halogens is 3. The molecule has 0 unspecified atom stereocenters. The summed E-state index contributed by atoms with van der Waals surface area (Å²) in [5.74, 6) is 0. The van der Waals surface area contributed by atoms with Gasteiger partial charge in [-0.3, -0.25) is 0 Å². The Labute approximate surface area is 86.3 Å². The Kier molecular flexibility index (Phi) is 4.22. The van der Waals surface area contributed by atoms with E-state index < -0.39 is 6.43 Å². The highest BCUT2D eigenvalue weighted by atomic mass is 35.5. The van der Waals surface area contributed by atoms with Gasteiger partial charge in [-0.2, -0.15) is 0 Å². The van der Waals surface area contributed by atoms with Gasteiger partial charge in [0.15, 0.2) is 0 Å². The first-order valence-corrected chi connectivity index (χ1v) is 4.57. The van der Waals surface area contributed by atoms with Gasteiger partial charge in [-0.05, 0) is 18.1 Å². The highest BCUT2D eigenvalue weighted by Crippen LogP contribution is 2.12. The Morgan fingerprint density at radius 3 is 2.86 bits per heavy atom. The Hall–Kier alpha value is -0.740. The third kappa shape index (κ3) is 3.55. The topological polar surface area (TPSA) is 24.9 Å². The molecule has 78 valence electrons. The molecule has 0 aliphatic heterocycles. The van der Waals surface area contributed by atoms with Crippen LogP contribution >= 0.6 is 11.6 Å². The maximum Gasteiger partial charge on any atom is 0.250 e. The first-order chi connectivity index (χ1) is 6.59. The second-order valence-electron chi connectivity index (χ2n) is 2.97. The van der Waals surface area contributed by atoms with E-state index in [-0.39, 0.29) is 6.54 Å². The molecule has 0 spiro atoms. The zero-order valence-corrected chi connectivity index (χ0v) is 8.48. The molecule has 1 aromatic rings. The molecule has 0 fully saturated rings. The van der Waals surface area contributed by atoms with Crippen LogP contribution in [0, 0.1) is 6.92 Å². The van der Waals surface area contributed by atoms with Crippen LogP contribution in [0.15, 0.2) is 12.3 Å². The van der Waals surface area contributed by atoms with E-state index in [0.717, 1.165) is 11.1 Å². The average Bonchev–Trinajstić information content (AvgIpc) is 2.10. The van der Waals surface area contributed by atoms with Crippen molar-refractivity contribution < 1.29 is 8.78 Å². The zero-order valence-electron chi connectivity index (χ0n) is 7.73. The maximum absolute atomic E-state index is 11.8. The standard InChI is InChI=1S/C9H11ClF2N2/c1-6-2-7(4-14-9(6)10)3-13-5-8(11)12/h2,4,8,13H,3,5H2,1H3. The van der Waals surface area contributed by atoms with E-state index in [0.29, 0.717) is 11.7 Å². The lowest BCUT2D eigenvalue weighted by atomic mass is 10.2. The van der Waals surface area contributed by atoms with Gasteiger partial charge >= 0.3 is 0 Å². The molecule has 0 bridgehead atoms. The van der Waals surface area contributed by atoms with Crippen LogP contribution in [0.1, 0.15) is 11.1 Å². The van der Waals surface area contributed by atoms with Crippen LogP contribution in [0.2, 0.25) is 5.15 Å². The minimum atomic E-state index is -2.32. The normalized spacial score (nSPS) is 10.9. The summed E-state index contributed by atoms with van der Waals surface area (Å²) in [6.45, 7) is 1.91. The van der Waals surface area contributed by atoms with Crippen LogP contribution < -0.4 is 5.32 Å². The molecule has 0 aromatic carbocycles. The van der Waals surface area contributed by atoms with Crippen LogP contribution in [-0.4, -0.2) is 18.0 Å². The van der Waals surface area contributed by atoms with Gasteiger partial charge in [-0.25, -0.2) is 13.8 Å². The summed E-state index contributed by atoms with van der Waals surface area (Å²) in [6.07, 6.45) is -0.746. The van der Waals surface area contributed by atoms with E-state index in [1.807, 2.05) is 13.0 Å². The molecule has 2 nitrogen and oxygen atoms in total. The van der Waals surface area contributed by atoms with Gasteiger partial charge in [0.1, 0.15) is 5.15 Å². The summed E-state index contributed by atoms with van der Waals surface area (Å²) in [7, 11) is 0. The number of aromatic nitrogens is 1. The Morgan fingerprint density at radius 1 is 1.57 bits per heavy atom. The van der Waals surface area contributed by atoms with Crippen LogP contribution in [0.5, 0.6) is 0 Å². The minimum Gasteiger partial charge on any atom is -0.307 e. The van der Waals surface area contributed by atoms with Gasteiger partial charge in [-0.1, -0.05) is 17.7 Å². The summed E-state index contributed by atoms with van der Waals surface area (Å²) in [4.78, 5) is 3.91. The molecule has 5 heteroatoms. The number of hydrogen-bond donors (Lipinski definition) is 1. The van der Waals surface area contributed by atoms with E-state index in [1.165, 1.54) is 0 Å². The van der Waals surface area contributed by atoms with Gasteiger partial charge in [0.25, 0.3) is 6.43 Å². The smallest absolute Gasteiger partial charge is 0.250 e. The SMILES string of the molecule is Cc1cc(CNCC(F)F)cnc1Cl. The Balaban J connectivity index is 2.47. The number of alkyl halides is 2. The molecule has 0 atom stereocenters. The molecule has 14 heavy (non-hydrogen) atoms. The van der Waals surface area contributed by atoms with Crippen molar-refractivity contribution in [2.45, 2.75) is 19.9 Å². The highest BCUT2D eigenvalue weighted by molar-refractivity contribution is 6.30. The summed E-state index contributed by atoms with van der Waals surface area (Å²) < 4.78 is 23.6. The van der Waals surface area contributed by atoms with Crippen LogP contribution in [-0.2, 0) is 6.54 Å². The van der Waals surface area contributed by atoms with Crippen LogP contribution in [0.3, 0.4) is 0 Å². The van der Waals surface area contributed by atoms with E-state index in [1.54, 1.807) is 6.20 Å². The molecule has 1 rings (SSSR count). The molecule has 0 amide bonds. The molecular formula is C9H11ClF2N2. The Bertz CT molecular complexity index is 305. The number of aryl methyl sites for hydroxylation is 1. The van der Waals surface area contributed by atoms with Gasteiger partial charge in [-0.15, -0.1) is 0 Å². The highest BCUT2D eigenvalue weighted by Gasteiger charge is 2.02. The Morgan fingerprint density at radius 2 is 2.29 bits per heavy atom. The van der Waals surface area contributed by atoms with Crippen molar-refractivity contribution in [3.05, 3.63) is 28.5 Å². The predicted molar refractivity (Wildman–Crippen MR) is 51.7 cm³/mol. The first-order valence-electron chi connectivity index (χ1n) is 4.19. The van der Waals surface area contributed by atoms with Crippen molar-refractivity contribution in [2.75, 3.05) is 6.54 Å². The molecule has 0 aliphatic rings.